The van der Waals surface area contributed by atoms with E-state index in [2.05, 4.69) is 49.9 Å². The van der Waals surface area contributed by atoms with Crippen LogP contribution in [0.4, 0.5) is 21.0 Å². The Bertz CT molecular complexity index is 3220. The highest BCUT2D eigenvalue weighted by Crippen LogP contribution is 2.39. The number of nitrogens with zero attached hydrogens (tertiary/aromatic N) is 4. The van der Waals surface area contributed by atoms with Crippen molar-refractivity contribution in [1.29, 1.82) is 0 Å². The number of carbonyl (C=O) groups is 2. The molecular formula is C56H85N6O23P2S2Si2+. The number of nitro benzene ring substituents is 2. The van der Waals surface area contributed by atoms with Crippen molar-refractivity contribution in [2.75, 3.05) is 52.6 Å². The minimum absolute atomic E-state index is 0.00328. The van der Waals surface area contributed by atoms with Crippen LogP contribution in [-0.4, -0.2) is 168 Å². The highest BCUT2D eigenvalue weighted by atomic mass is 32.2. The van der Waals surface area contributed by atoms with Crippen molar-refractivity contribution in [3.8, 4) is 0 Å². The maximum absolute atomic E-state index is 13.7. The summed E-state index contributed by atoms with van der Waals surface area (Å²) in [7, 11) is -19.9. The van der Waals surface area contributed by atoms with Crippen molar-refractivity contribution in [3.63, 3.8) is 0 Å². The highest BCUT2D eigenvalue weighted by molar-refractivity contribution is 7.89. The number of non-ortho nitro benzene ring substituents is 2. The molecule has 2 aliphatic rings. The lowest BCUT2D eigenvalue weighted by molar-refractivity contribution is -0.385. The number of amides is 2. The van der Waals surface area contributed by atoms with E-state index in [9.17, 15) is 70.5 Å². The number of sulfonamides is 2. The fourth-order valence-electron chi connectivity index (χ4n) is 8.72. The maximum Gasteiger partial charge on any atom is 0.695 e. The second-order valence-corrected chi connectivity index (χ2v) is 38.5. The van der Waals surface area contributed by atoms with Gasteiger partial charge in [-0.3, -0.25) is 33.9 Å². The molecule has 0 aromatic heterocycles. The first-order chi connectivity index (χ1) is 42.4. The normalized spacial score (nSPS) is 17.0. The minimum Gasteiger partial charge on any atom is -0.444 e. The number of nitrogens with one attached hydrogen (secondary N) is 2. The number of hydrogen-bond donors (Lipinski definition) is 5. The highest BCUT2D eigenvalue weighted by Gasteiger charge is 2.40. The lowest BCUT2D eigenvalue weighted by Gasteiger charge is -2.33. The van der Waals surface area contributed by atoms with Crippen LogP contribution in [0.15, 0.2) is 119 Å². The van der Waals surface area contributed by atoms with E-state index in [1.54, 1.807) is 88.4 Å². The van der Waals surface area contributed by atoms with Crippen molar-refractivity contribution in [3.05, 3.63) is 141 Å². The van der Waals surface area contributed by atoms with Crippen LogP contribution in [0.3, 0.4) is 0 Å². The van der Waals surface area contributed by atoms with E-state index in [0.29, 0.717) is 31.6 Å². The average Bonchev–Trinajstić information content (AvgIpc) is 1.29. The van der Waals surface area contributed by atoms with Crippen LogP contribution in [0.25, 0.3) is 0 Å². The van der Waals surface area contributed by atoms with Gasteiger partial charge in [0, 0.05) is 67.9 Å². The first kappa shape index (κ1) is 77.9. The van der Waals surface area contributed by atoms with Gasteiger partial charge in [0.1, 0.15) is 18.3 Å². The van der Waals surface area contributed by atoms with Gasteiger partial charge < -0.3 is 39.4 Å². The quantitative estimate of drug-likeness (QED) is 0.0103. The number of alkyl carbamates (subject to hydrolysis) is 2. The van der Waals surface area contributed by atoms with E-state index in [-0.39, 0.29) is 72.1 Å². The molecule has 35 heteroatoms. The van der Waals surface area contributed by atoms with Crippen molar-refractivity contribution < 1.29 is 97.2 Å². The van der Waals surface area contributed by atoms with Crippen LogP contribution in [0, 0.1) is 32.1 Å². The molecule has 5 N–H and O–H groups in total. The Morgan fingerprint density at radius 3 is 1.27 bits per heavy atom. The Morgan fingerprint density at radius 1 is 0.626 bits per heavy atom. The van der Waals surface area contributed by atoms with Gasteiger partial charge in [0.05, 0.1) is 58.1 Å². The number of rotatable bonds is 31. The van der Waals surface area contributed by atoms with E-state index >= 15 is 0 Å². The second-order valence-electron chi connectivity index (χ2n) is 24.0. The molecule has 4 aromatic carbocycles. The molecule has 0 saturated carbocycles. The van der Waals surface area contributed by atoms with Crippen molar-refractivity contribution in [2.45, 2.75) is 139 Å². The van der Waals surface area contributed by atoms with Gasteiger partial charge in [0.15, 0.2) is 6.10 Å². The van der Waals surface area contributed by atoms with Crippen molar-refractivity contribution in [2.24, 2.45) is 11.8 Å². The number of nitro groups is 2. The van der Waals surface area contributed by atoms with Crippen molar-refractivity contribution >= 4 is 76.3 Å². The molecule has 4 aromatic rings. The fourth-order valence-corrected chi connectivity index (χ4v) is 15.0. The minimum atomic E-state index is -5.19. The van der Waals surface area contributed by atoms with Gasteiger partial charge in [-0.2, -0.15) is 8.61 Å². The summed E-state index contributed by atoms with van der Waals surface area (Å²) < 4.78 is 123. The standard InChI is InChI=1S/C25H34N3O11PS.C25H32N3O10PS.C6H18O2Si2/c1-18(2)15-27(41(35,36)22-10-8-20(9-11-22)28(30)31)16-24(39-40(32,33)34)23(14-19-6-4-3-5-7-19)26-25(29)38-21-12-13-37-17-21;1-18(2)15-27(40(34,35)22-10-8-20(9-11-22)28(30)31)16-24(38-39(32)33)23(14-19-6-4-3-5-7-19)26-25(29)37-21-12-13-36-17-21;1-9(2,3)7-8-10(4,5)6/h3-11,18,21,23-24H,12-17H2,1-2H3,(H,26,29)(H2,32,33,34);3-11,18,21,23-24H,12-17H2,1-2H3,(H-,26,29,32,33);1-6H3/p+1/t2*21-,23-,24+;/m00./s1. The van der Waals surface area contributed by atoms with Gasteiger partial charge in [0.25, 0.3) is 11.4 Å². The molecule has 2 fully saturated rings. The van der Waals surface area contributed by atoms with Crippen LogP contribution < -0.4 is 10.6 Å². The predicted octanol–water partition coefficient (Wildman–Crippen LogP) is 8.85. The van der Waals surface area contributed by atoms with Gasteiger partial charge in [-0.15, -0.1) is 9.42 Å². The Balaban J connectivity index is 0.000000337. The van der Waals surface area contributed by atoms with Gasteiger partial charge in [-0.1, -0.05) is 88.4 Å². The molecule has 0 spiro atoms. The monoisotopic (exact) mass is 1390 g/mol. The van der Waals surface area contributed by atoms with Crippen LogP contribution >= 0.6 is 16.1 Å². The van der Waals surface area contributed by atoms with Crippen LogP contribution in [-0.2, 0) is 79.2 Å². The average molecular weight is 1390 g/mol. The molecule has 506 valence electrons. The second kappa shape index (κ2) is 36.2. The summed E-state index contributed by atoms with van der Waals surface area (Å²) >= 11 is 0. The Labute approximate surface area is 534 Å². The third-order valence-electron chi connectivity index (χ3n) is 12.7. The third-order valence-corrected chi connectivity index (χ3v) is 18.8. The van der Waals surface area contributed by atoms with Gasteiger partial charge in [-0.25, -0.2) is 31.0 Å². The Hall–Kier alpha value is -5.56. The van der Waals surface area contributed by atoms with E-state index in [1.807, 2.05) is 0 Å². The summed E-state index contributed by atoms with van der Waals surface area (Å²) in [5, 5.41) is 27.4. The molecule has 0 radical (unpaired) electrons. The molecule has 6 rings (SSSR count). The van der Waals surface area contributed by atoms with Gasteiger partial charge in [0.2, 0.25) is 36.7 Å². The molecule has 91 heavy (non-hydrogen) atoms. The first-order valence-electron chi connectivity index (χ1n) is 29.0. The zero-order valence-electron chi connectivity index (χ0n) is 52.5. The Kier molecular flexibility index (Phi) is 31.0. The fraction of sp³-hybridized carbons (Fsp3) is 0.536. The molecule has 0 bridgehead atoms. The number of benzene rings is 4. The summed E-state index contributed by atoms with van der Waals surface area (Å²) in [6.45, 7) is 20.1. The molecule has 2 heterocycles. The molecule has 29 nitrogen and oxygen atoms in total. The molecule has 1 unspecified atom stereocenters. The number of ether oxygens (including phenoxy) is 4. The van der Waals surface area contributed by atoms with Crippen LogP contribution in [0.1, 0.15) is 51.7 Å². The SMILES string of the molecule is CC(C)CN(C[C@@H](OP(=O)(O)O)[C@H](Cc1ccccc1)NC(=O)O[C@H]1CCOC1)S(=O)(=O)c1ccc([N+](=O)[O-])cc1.CC(C)CN(C[C@@H](O[P+](=O)O)[C@H](Cc1ccccc1)NC(=O)O[C@H]1CCOC1)S(=O)(=O)c1ccc([N+](=O)[O-])cc1.C[Si](C)(C)OO[Si](C)(C)C. The van der Waals surface area contributed by atoms with E-state index in [4.69, 9.17) is 37.1 Å². The molecule has 2 aliphatic heterocycles. The van der Waals surface area contributed by atoms with Gasteiger partial charge >= 0.3 is 28.3 Å². The summed E-state index contributed by atoms with van der Waals surface area (Å²) in [4.78, 5) is 75.1. The van der Waals surface area contributed by atoms with E-state index in [0.717, 1.165) is 62.7 Å². The zero-order chi connectivity index (χ0) is 67.9. The molecule has 2 amide bonds. The topological polar surface area (TPSA) is 388 Å². The molecular weight excluding hydrogens is 1310 g/mol. The summed E-state index contributed by atoms with van der Waals surface area (Å²) in [6.07, 6.45) is -4.28. The first-order valence-corrected chi connectivity index (χ1v) is 41.4. The smallest absolute Gasteiger partial charge is 0.444 e. The van der Waals surface area contributed by atoms with Gasteiger partial charge in [-0.05, 0) is 99.4 Å². The largest absolute Gasteiger partial charge is 0.695 e. The predicted molar refractivity (Wildman–Crippen MR) is 339 cm³/mol. The number of hydrogen-bond acceptors (Lipinski definition) is 20. The van der Waals surface area contributed by atoms with E-state index < -0.39 is 124 Å². The number of phosphoric acid groups is 1. The summed E-state index contributed by atoms with van der Waals surface area (Å²) in [6, 6.07) is 24.3. The number of phosphoric ester groups is 1. The molecule has 2 saturated heterocycles. The maximum atomic E-state index is 13.7. The van der Waals surface area contributed by atoms with Crippen LogP contribution in [0.2, 0.25) is 39.3 Å². The van der Waals surface area contributed by atoms with Crippen LogP contribution in [0.5, 0.6) is 0 Å². The van der Waals surface area contributed by atoms with Crippen molar-refractivity contribution in [1.82, 2.24) is 19.2 Å². The Morgan fingerprint density at radius 2 is 0.978 bits per heavy atom. The lowest BCUT2D eigenvalue weighted by atomic mass is 10.0. The third kappa shape index (κ3) is 29.1. The summed E-state index contributed by atoms with van der Waals surface area (Å²) in [5.41, 5.74) is 0.855. The summed E-state index contributed by atoms with van der Waals surface area (Å²) in [5.74, 6) is -0.393. The van der Waals surface area contributed by atoms with E-state index in [1.165, 1.54) is 0 Å². The molecule has 7 atom stereocenters. The lowest BCUT2D eigenvalue weighted by Crippen LogP contribution is -2.52. The number of carbonyl (C=O) groups excluding carboxylic acids is 2. The zero-order valence-corrected chi connectivity index (χ0v) is 57.9. The molecule has 0 aliphatic carbocycles.